The van der Waals surface area contributed by atoms with Crippen molar-refractivity contribution >= 4 is 41.2 Å². The minimum absolute atomic E-state index is 0. The van der Waals surface area contributed by atoms with Crippen LogP contribution in [-0.4, -0.2) is 16.5 Å². The zero-order valence-corrected chi connectivity index (χ0v) is 16.8. The van der Waals surface area contributed by atoms with Gasteiger partial charge in [-0.3, -0.25) is 0 Å². The molecule has 26 heavy (non-hydrogen) atoms. The number of hydrogen-bond acceptors (Lipinski definition) is 5. The number of rotatable bonds is 3. The fourth-order valence-corrected chi connectivity index (χ4v) is 4.42. The number of thiophene rings is 1. The lowest BCUT2D eigenvalue weighted by Gasteiger charge is -2.34. The Morgan fingerprint density at radius 1 is 1.15 bits per heavy atom. The summed E-state index contributed by atoms with van der Waals surface area (Å²) in [6.07, 6.45) is 1.08. The molecule has 0 amide bonds. The van der Waals surface area contributed by atoms with Gasteiger partial charge in [-0.25, -0.2) is 4.98 Å². The number of aryl methyl sites for hydroxylation is 2. The molecule has 2 aromatic heterocycles. The second kappa shape index (κ2) is 7.64. The Kier molecular flexibility index (Phi) is 5.49. The van der Waals surface area contributed by atoms with E-state index >= 15 is 0 Å². The van der Waals surface area contributed by atoms with Crippen LogP contribution in [0, 0.1) is 13.8 Å². The molecule has 0 spiro atoms. The number of nitrogens with zero attached hydrogens (tertiary/aromatic N) is 3. The summed E-state index contributed by atoms with van der Waals surface area (Å²) in [5.41, 5.74) is 4.69. The SMILES string of the molecule is Cc1cc(N2CCc3ccsc3C2C)nc(Nc2ccccc2C)n1.Cl. The van der Waals surface area contributed by atoms with Crippen LogP contribution in [0.25, 0.3) is 0 Å². The fraction of sp³-hybridized carbons (Fsp3) is 0.300. The van der Waals surface area contributed by atoms with Gasteiger partial charge in [0.25, 0.3) is 0 Å². The van der Waals surface area contributed by atoms with E-state index in [-0.39, 0.29) is 12.4 Å². The highest BCUT2D eigenvalue weighted by molar-refractivity contribution is 7.10. The fourth-order valence-electron chi connectivity index (χ4n) is 3.40. The molecule has 0 aliphatic carbocycles. The first-order valence-electron chi connectivity index (χ1n) is 8.63. The van der Waals surface area contributed by atoms with Crippen LogP contribution in [0.2, 0.25) is 0 Å². The van der Waals surface area contributed by atoms with Crippen molar-refractivity contribution in [1.82, 2.24) is 9.97 Å². The van der Waals surface area contributed by atoms with E-state index in [1.807, 2.05) is 30.4 Å². The largest absolute Gasteiger partial charge is 0.349 e. The van der Waals surface area contributed by atoms with Crippen LogP contribution in [-0.2, 0) is 6.42 Å². The van der Waals surface area contributed by atoms with Gasteiger partial charge in [0.1, 0.15) is 5.82 Å². The summed E-state index contributed by atoms with van der Waals surface area (Å²) in [4.78, 5) is 13.2. The second-order valence-corrected chi connectivity index (χ2v) is 7.51. The molecular formula is C20H23ClN4S. The minimum atomic E-state index is 0. The molecule has 6 heteroatoms. The lowest BCUT2D eigenvalue weighted by atomic mass is 10.0. The Bertz CT molecular complexity index is 908. The summed E-state index contributed by atoms with van der Waals surface area (Å²) < 4.78 is 0. The van der Waals surface area contributed by atoms with Gasteiger partial charge in [-0.1, -0.05) is 18.2 Å². The number of nitrogens with one attached hydrogen (secondary N) is 1. The van der Waals surface area contributed by atoms with Crippen molar-refractivity contribution < 1.29 is 0 Å². The van der Waals surface area contributed by atoms with E-state index in [0.29, 0.717) is 12.0 Å². The Labute approximate surface area is 164 Å². The number of halogens is 1. The molecule has 1 aliphatic heterocycles. The third kappa shape index (κ3) is 3.55. The van der Waals surface area contributed by atoms with E-state index in [0.717, 1.165) is 30.2 Å². The highest BCUT2D eigenvalue weighted by Crippen LogP contribution is 2.36. The second-order valence-electron chi connectivity index (χ2n) is 6.56. The van der Waals surface area contributed by atoms with Gasteiger partial charge in [0, 0.05) is 28.9 Å². The van der Waals surface area contributed by atoms with Gasteiger partial charge in [-0.05, 0) is 55.8 Å². The van der Waals surface area contributed by atoms with Crippen LogP contribution in [0.15, 0.2) is 41.8 Å². The number of hydrogen-bond donors (Lipinski definition) is 1. The highest BCUT2D eigenvalue weighted by Gasteiger charge is 2.26. The van der Waals surface area contributed by atoms with Gasteiger partial charge < -0.3 is 10.2 Å². The number of aromatic nitrogens is 2. The van der Waals surface area contributed by atoms with E-state index in [1.54, 1.807) is 0 Å². The molecule has 0 fully saturated rings. The smallest absolute Gasteiger partial charge is 0.229 e. The van der Waals surface area contributed by atoms with Crippen molar-refractivity contribution in [2.45, 2.75) is 33.2 Å². The molecule has 1 aromatic carbocycles. The lowest BCUT2D eigenvalue weighted by molar-refractivity contribution is 0.628. The molecular weight excluding hydrogens is 364 g/mol. The first kappa shape index (κ1) is 18.7. The first-order chi connectivity index (χ1) is 12.1. The molecule has 0 radical (unpaired) electrons. The Morgan fingerprint density at radius 2 is 1.96 bits per heavy atom. The first-order valence-corrected chi connectivity index (χ1v) is 9.51. The number of benzene rings is 1. The van der Waals surface area contributed by atoms with Crippen LogP contribution in [0.5, 0.6) is 0 Å². The van der Waals surface area contributed by atoms with E-state index < -0.39 is 0 Å². The van der Waals surface area contributed by atoms with Crippen molar-refractivity contribution in [2.24, 2.45) is 0 Å². The topological polar surface area (TPSA) is 41.1 Å². The molecule has 1 N–H and O–H groups in total. The molecule has 1 aliphatic rings. The molecule has 1 atom stereocenters. The number of fused-ring (bicyclic) bond motifs is 1. The molecule has 0 saturated carbocycles. The Balaban J connectivity index is 0.00000196. The normalized spacial score (nSPS) is 16.0. The summed E-state index contributed by atoms with van der Waals surface area (Å²) in [6, 6.07) is 12.9. The third-order valence-electron chi connectivity index (χ3n) is 4.78. The molecule has 136 valence electrons. The molecule has 3 aromatic rings. The minimum Gasteiger partial charge on any atom is -0.349 e. The van der Waals surface area contributed by atoms with Crippen molar-refractivity contribution in [1.29, 1.82) is 0 Å². The van der Waals surface area contributed by atoms with Gasteiger partial charge in [-0.15, -0.1) is 23.7 Å². The van der Waals surface area contributed by atoms with Crippen LogP contribution in [0.3, 0.4) is 0 Å². The quantitative estimate of drug-likeness (QED) is 0.650. The van der Waals surface area contributed by atoms with Gasteiger partial charge >= 0.3 is 0 Å². The summed E-state index contributed by atoms with van der Waals surface area (Å²) in [5, 5.41) is 5.57. The van der Waals surface area contributed by atoms with Crippen LogP contribution >= 0.6 is 23.7 Å². The molecule has 4 nitrogen and oxygen atoms in total. The maximum Gasteiger partial charge on any atom is 0.229 e. The van der Waals surface area contributed by atoms with E-state index in [2.05, 4.69) is 58.7 Å². The predicted octanol–water partition coefficient (Wildman–Crippen LogP) is 5.44. The average molecular weight is 387 g/mol. The number of anilines is 3. The zero-order valence-electron chi connectivity index (χ0n) is 15.2. The van der Waals surface area contributed by atoms with Crippen molar-refractivity contribution in [3.8, 4) is 0 Å². The van der Waals surface area contributed by atoms with Crippen LogP contribution in [0.4, 0.5) is 17.5 Å². The van der Waals surface area contributed by atoms with E-state index in [9.17, 15) is 0 Å². The molecule has 4 rings (SSSR count). The standard InChI is InChI=1S/C20H22N4S.ClH/c1-13-6-4-5-7-17(13)22-20-21-14(2)12-18(23-20)24-10-8-16-9-11-25-19(16)15(24)3;/h4-7,9,11-12,15H,8,10H2,1-3H3,(H,21,22,23);1H. The third-order valence-corrected chi connectivity index (χ3v) is 5.91. The Morgan fingerprint density at radius 3 is 2.77 bits per heavy atom. The van der Waals surface area contributed by atoms with E-state index in [4.69, 9.17) is 4.98 Å². The van der Waals surface area contributed by atoms with E-state index in [1.165, 1.54) is 16.0 Å². The zero-order chi connectivity index (χ0) is 17.4. The summed E-state index contributed by atoms with van der Waals surface area (Å²) in [6.45, 7) is 7.37. The Hall–Kier alpha value is -2.11. The molecule has 1 unspecified atom stereocenters. The van der Waals surface area contributed by atoms with Gasteiger partial charge in [0.15, 0.2) is 0 Å². The van der Waals surface area contributed by atoms with Gasteiger partial charge in [0.05, 0.1) is 6.04 Å². The highest BCUT2D eigenvalue weighted by atomic mass is 35.5. The van der Waals surface area contributed by atoms with Crippen LogP contribution in [0.1, 0.15) is 34.7 Å². The van der Waals surface area contributed by atoms with Gasteiger partial charge in [-0.2, -0.15) is 4.98 Å². The van der Waals surface area contributed by atoms with Crippen molar-refractivity contribution in [2.75, 3.05) is 16.8 Å². The monoisotopic (exact) mass is 386 g/mol. The van der Waals surface area contributed by atoms with Crippen LogP contribution < -0.4 is 10.2 Å². The average Bonchev–Trinajstić information content (AvgIpc) is 3.06. The number of para-hydroxylation sites is 1. The van der Waals surface area contributed by atoms with Crippen molar-refractivity contribution in [3.05, 3.63) is 63.5 Å². The predicted molar refractivity (Wildman–Crippen MR) is 112 cm³/mol. The molecule has 0 saturated heterocycles. The maximum absolute atomic E-state index is 4.81. The lowest BCUT2D eigenvalue weighted by Crippen LogP contribution is -2.33. The summed E-state index contributed by atoms with van der Waals surface area (Å²) >= 11 is 1.84. The summed E-state index contributed by atoms with van der Waals surface area (Å²) in [7, 11) is 0. The summed E-state index contributed by atoms with van der Waals surface area (Å²) in [5.74, 6) is 1.66. The maximum atomic E-state index is 4.81. The van der Waals surface area contributed by atoms with Crippen molar-refractivity contribution in [3.63, 3.8) is 0 Å². The molecule has 0 bridgehead atoms. The van der Waals surface area contributed by atoms with Gasteiger partial charge in [0.2, 0.25) is 5.95 Å². The molecule has 3 heterocycles.